The number of carbonyl (C=O) groups is 1. The van der Waals surface area contributed by atoms with Gasteiger partial charge in [0.05, 0.1) is 22.4 Å². The molecule has 1 heterocycles. The second-order valence-corrected chi connectivity index (χ2v) is 4.94. The number of aromatic hydroxyl groups is 1. The zero-order valence-electron chi connectivity index (χ0n) is 10.4. The van der Waals surface area contributed by atoms with Gasteiger partial charge in [-0.2, -0.15) is 0 Å². The van der Waals surface area contributed by atoms with E-state index in [2.05, 4.69) is 4.98 Å². The van der Waals surface area contributed by atoms with E-state index in [9.17, 15) is 4.79 Å². The smallest absolute Gasteiger partial charge is 0.210 e. The average Bonchev–Trinajstić information content (AvgIpc) is 2.20. The fraction of sp³-hybridized carbons (Fsp3) is 0.417. The molecule has 0 aliphatic rings. The number of hydrogen-bond donors (Lipinski definition) is 1. The van der Waals surface area contributed by atoms with Crippen LogP contribution in [-0.2, 0) is 4.79 Å². The lowest BCUT2D eigenvalue weighted by Crippen LogP contribution is -2.51. The van der Waals surface area contributed by atoms with Crippen molar-refractivity contribution in [3.05, 3.63) is 18.3 Å². The minimum absolute atomic E-state index is 0.00905. The Kier molecular flexibility index (Phi) is 3.83. The van der Waals surface area contributed by atoms with E-state index < -0.39 is 5.54 Å². The molecule has 1 aromatic heterocycles. The van der Waals surface area contributed by atoms with Crippen molar-refractivity contribution < 1.29 is 9.90 Å². The molecule has 0 saturated carbocycles. The van der Waals surface area contributed by atoms with E-state index in [1.54, 1.807) is 31.7 Å². The van der Waals surface area contributed by atoms with Crippen LogP contribution in [0.3, 0.4) is 0 Å². The highest BCUT2D eigenvalue weighted by molar-refractivity contribution is 7.80. The molecule has 0 radical (unpaired) electrons. The zero-order chi connectivity index (χ0) is 13.2. The number of aromatic nitrogens is 1. The molecule has 17 heavy (non-hydrogen) atoms. The first-order chi connectivity index (χ1) is 7.76. The van der Waals surface area contributed by atoms with Crippen LogP contribution in [0.4, 0.5) is 5.69 Å². The molecule has 0 aromatic carbocycles. The number of hydrogen-bond acceptors (Lipinski definition) is 4. The second kappa shape index (κ2) is 4.79. The summed E-state index contributed by atoms with van der Waals surface area (Å²) >= 11 is 5.18. The van der Waals surface area contributed by atoms with E-state index in [-0.39, 0.29) is 11.7 Å². The first kappa shape index (κ1) is 13.6. The average molecular weight is 252 g/mol. The topological polar surface area (TPSA) is 53.4 Å². The van der Waals surface area contributed by atoms with E-state index >= 15 is 0 Å². The van der Waals surface area contributed by atoms with Crippen LogP contribution in [0, 0.1) is 0 Å². The molecule has 0 atom stereocenters. The highest BCUT2D eigenvalue weighted by atomic mass is 32.1. The van der Waals surface area contributed by atoms with Crippen molar-refractivity contribution >= 4 is 28.7 Å². The van der Waals surface area contributed by atoms with Crippen molar-refractivity contribution in [3.63, 3.8) is 0 Å². The van der Waals surface area contributed by atoms with Crippen LogP contribution in [0.1, 0.15) is 27.7 Å². The van der Waals surface area contributed by atoms with E-state index in [1.165, 1.54) is 19.2 Å². The second-order valence-electron chi connectivity index (χ2n) is 4.34. The molecule has 0 saturated heterocycles. The van der Waals surface area contributed by atoms with Crippen molar-refractivity contribution in [1.29, 1.82) is 0 Å². The summed E-state index contributed by atoms with van der Waals surface area (Å²) in [4.78, 5) is 17.8. The summed E-state index contributed by atoms with van der Waals surface area (Å²) in [6, 6.07) is 3.15. The summed E-state index contributed by atoms with van der Waals surface area (Å²) in [7, 11) is 0. The minimum Gasteiger partial charge on any atom is -0.493 e. The number of thiocarbonyl (C=S) groups is 1. The Morgan fingerprint density at radius 1 is 1.41 bits per heavy atom. The monoisotopic (exact) mass is 252 g/mol. The van der Waals surface area contributed by atoms with Crippen LogP contribution >= 0.6 is 12.2 Å². The SMILES string of the molecule is CC(=O)C(C)(C)N(C(C)=S)c1ccc(O)nc1. The number of nitrogens with zero attached hydrogens (tertiary/aromatic N) is 2. The summed E-state index contributed by atoms with van der Waals surface area (Å²) in [5.41, 5.74) is -0.0414. The lowest BCUT2D eigenvalue weighted by molar-refractivity contribution is -0.120. The molecule has 1 N–H and O–H groups in total. The van der Waals surface area contributed by atoms with E-state index in [0.29, 0.717) is 10.7 Å². The van der Waals surface area contributed by atoms with Gasteiger partial charge in [0.25, 0.3) is 0 Å². The molecule has 0 aliphatic heterocycles. The Bertz CT molecular complexity index is 440. The summed E-state index contributed by atoms with van der Waals surface area (Å²) < 4.78 is 0. The Labute approximate surface area is 106 Å². The van der Waals surface area contributed by atoms with Gasteiger partial charge in [0.2, 0.25) is 5.88 Å². The number of rotatable bonds is 3. The number of carbonyl (C=O) groups excluding carboxylic acids is 1. The maximum absolute atomic E-state index is 11.7. The van der Waals surface area contributed by atoms with Gasteiger partial charge in [-0.15, -0.1) is 0 Å². The first-order valence-electron chi connectivity index (χ1n) is 5.23. The van der Waals surface area contributed by atoms with Crippen LogP contribution in [0.5, 0.6) is 5.88 Å². The van der Waals surface area contributed by atoms with Crippen molar-refractivity contribution in [3.8, 4) is 5.88 Å². The highest BCUT2D eigenvalue weighted by Crippen LogP contribution is 2.26. The van der Waals surface area contributed by atoms with Crippen molar-refractivity contribution in [2.75, 3.05) is 4.90 Å². The van der Waals surface area contributed by atoms with Crippen molar-refractivity contribution in [2.24, 2.45) is 0 Å². The van der Waals surface area contributed by atoms with E-state index in [1.807, 2.05) is 0 Å². The molecule has 0 bridgehead atoms. The van der Waals surface area contributed by atoms with E-state index in [0.717, 1.165) is 0 Å². The lowest BCUT2D eigenvalue weighted by atomic mass is 9.97. The van der Waals surface area contributed by atoms with Gasteiger partial charge in [0, 0.05) is 6.07 Å². The number of pyridine rings is 1. The predicted molar refractivity (Wildman–Crippen MR) is 71.4 cm³/mol. The minimum atomic E-state index is -0.732. The third-order valence-electron chi connectivity index (χ3n) is 2.73. The third kappa shape index (κ3) is 2.79. The van der Waals surface area contributed by atoms with Gasteiger partial charge in [-0.25, -0.2) is 4.98 Å². The molecular weight excluding hydrogens is 236 g/mol. The summed E-state index contributed by atoms with van der Waals surface area (Å²) in [5.74, 6) is -0.0499. The molecule has 92 valence electrons. The molecule has 1 aromatic rings. The maximum Gasteiger partial charge on any atom is 0.210 e. The number of Topliss-reactive ketones (excluding diaryl/α,β-unsaturated/α-hetero) is 1. The summed E-state index contributed by atoms with van der Waals surface area (Å²) in [5, 5.41) is 9.16. The number of anilines is 1. The molecule has 0 fully saturated rings. The molecule has 5 heteroatoms. The largest absolute Gasteiger partial charge is 0.493 e. The van der Waals surface area contributed by atoms with E-state index in [4.69, 9.17) is 17.3 Å². The number of ketones is 1. The van der Waals surface area contributed by atoms with Gasteiger partial charge in [-0.1, -0.05) is 12.2 Å². The third-order valence-corrected chi connectivity index (χ3v) is 2.91. The summed E-state index contributed by atoms with van der Waals surface area (Å²) in [6.07, 6.45) is 1.50. The zero-order valence-corrected chi connectivity index (χ0v) is 11.2. The van der Waals surface area contributed by atoms with Gasteiger partial charge in [-0.05, 0) is 33.8 Å². The van der Waals surface area contributed by atoms with Crippen LogP contribution in [0.25, 0.3) is 0 Å². The van der Waals surface area contributed by atoms with Crippen LogP contribution in [-0.4, -0.2) is 26.4 Å². The first-order valence-corrected chi connectivity index (χ1v) is 5.64. The van der Waals surface area contributed by atoms with Gasteiger partial charge in [0.1, 0.15) is 0 Å². The Morgan fingerprint density at radius 2 is 2.00 bits per heavy atom. The molecular formula is C12H16N2O2S. The van der Waals surface area contributed by atoms with Crippen LogP contribution < -0.4 is 4.90 Å². The molecule has 0 amide bonds. The fourth-order valence-corrected chi connectivity index (χ4v) is 1.90. The normalized spacial score (nSPS) is 11.1. The van der Waals surface area contributed by atoms with Gasteiger partial charge >= 0.3 is 0 Å². The molecule has 1 rings (SSSR count). The van der Waals surface area contributed by atoms with Crippen molar-refractivity contribution in [2.45, 2.75) is 33.2 Å². The van der Waals surface area contributed by atoms with Crippen LogP contribution in [0.15, 0.2) is 18.3 Å². The Hall–Kier alpha value is -1.49. The Balaban J connectivity index is 3.23. The maximum atomic E-state index is 11.7. The lowest BCUT2D eigenvalue weighted by Gasteiger charge is -2.37. The van der Waals surface area contributed by atoms with Gasteiger partial charge < -0.3 is 10.0 Å². The predicted octanol–water partition coefficient (Wildman–Crippen LogP) is 2.31. The fourth-order valence-electron chi connectivity index (χ4n) is 1.57. The van der Waals surface area contributed by atoms with Gasteiger partial charge in [-0.3, -0.25) is 4.79 Å². The Morgan fingerprint density at radius 3 is 2.35 bits per heavy atom. The molecule has 0 spiro atoms. The van der Waals surface area contributed by atoms with Crippen LogP contribution in [0.2, 0.25) is 0 Å². The highest BCUT2D eigenvalue weighted by Gasteiger charge is 2.33. The molecule has 0 unspecified atom stereocenters. The molecule has 0 aliphatic carbocycles. The van der Waals surface area contributed by atoms with Crippen molar-refractivity contribution in [1.82, 2.24) is 4.98 Å². The quantitative estimate of drug-likeness (QED) is 0.837. The standard InChI is InChI=1S/C12H16N2O2S/c1-8(15)12(3,4)14(9(2)17)10-5-6-11(16)13-7-10/h5-7H,1-4H3,(H,13,16). The summed E-state index contributed by atoms with van der Waals surface area (Å²) in [6.45, 7) is 6.89. The molecule has 4 nitrogen and oxygen atoms in total. The van der Waals surface area contributed by atoms with Gasteiger partial charge in [0.15, 0.2) is 5.78 Å².